The molecule has 0 aromatic carbocycles. The molecule has 0 saturated carbocycles. The van der Waals surface area contributed by atoms with Crippen LogP contribution in [0.2, 0.25) is 0 Å². The number of aliphatic imine (C=N–C) groups is 1. The Morgan fingerprint density at radius 3 is 2.62 bits per heavy atom. The summed E-state index contributed by atoms with van der Waals surface area (Å²) < 4.78 is 51.1. The van der Waals surface area contributed by atoms with Gasteiger partial charge in [-0.2, -0.15) is 18.4 Å². The first kappa shape index (κ1) is 19.9. The van der Waals surface area contributed by atoms with Crippen molar-refractivity contribution < 1.29 is 22.6 Å². The van der Waals surface area contributed by atoms with E-state index in [-0.39, 0.29) is 31.3 Å². The van der Waals surface area contributed by atoms with Crippen molar-refractivity contribution in [3.63, 3.8) is 0 Å². The number of hydrogen-bond acceptors (Lipinski definition) is 7. The minimum atomic E-state index is -4.53. The zero-order valence-electron chi connectivity index (χ0n) is 14.5. The number of rotatable bonds is 6. The third-order valence-corrected chi connectivity index (χ3v) is 3.72. The maximum atomic E-state index is 13.2. The van der Waals surface area contributed by atoms with Crippen LogP contribution in [0, 0.1) is 11.5 Å². The summed E-state index contributed by atoms with van der Waals surface area (Å²) in [5.74, 6) is -0.932. The maximum Gasteiger partial charge on any atom is 0.418 e. The van der Waals surface area contributed by atoms with Gasteiger partial charge >= 0.3 is 6.18 Å². The summed E-state index contributed by atoms with van der Waals surface area (Å²) in [6.07, 6.45) is -1.50. The van der Waals surface area contributed by atoms with Gasteiger partial charge in [0.1, 0.15) is 0 Å². The molecular formula is C16H20F3N5O2. The van der Waals surface area contributed by atoms with Crippen LogP contribution in [0.4, 0.5) is 13.2 Å². The first-order valence-electron chi connectivity index (χ1n) is 8.08. The van der Waals surface area contributed by atoms with Crippen molar-refractivity contribution >= 4 is 5.96 Å². The van der Waals surface area contributed by atoms with Crippen LogP contribution < -0.4 is 5.32 Å². The van der Waals surface area contributed by atoms with E-state index in [0.717, 1.165) is 6.07 Å². The number of nitrogens with zero attached hydrogens (tertiary/aromatic N) is 4. The lowest BCUT2D eigenvalue weighted by molar-refractivity contribution is -0.234. The van der Waals surface area contributed by atoms with E-state index in [9.17, 15) is 13.2 Å². The van der Waals surface area contributed by atoms with Gasteiger partial charge in [-0.15, -0.1) is 0 Å². The molecule has 10 heteroatoms. The molecule has 0 bridgehead atoms. The second-order valence-corrected chi connectivity index (χ2v) is 5.50. The third-order valence-electron chi connectivity index (χ3n) is 3.72. The molecule has 1 N–H and O–H groups in total. The second-order valence-electron chi connectivity index (χ2n) is 5.50. The summed E-state index contributed by atoms with van der Waals surface area (Å²) in [4.78, 5) is 9.56. The number of alkyl halides is 3. The number of pyridine rings is 1. The molecule has 142 valence electrons. The predicted molar refractivity (Wildman–Crippen MR) is 86.7 cm³/mol. The Morgan fingerprint density at radius 1 is 1.35 bits per heavy atom. The van der Waals surface area contributed by atoms with Crippen molar-refractivity contribution in [3.05, 3.63) is 29.6 Å². The number of ether oxygens (including phenoxy) is 2. The molecule has 0 spiro atoms. The van der Waals surface area contributed by atoms with E-state index in [4.69, 9.17) is 14.7 Å². The average Bonchev–Trinajstić information content (AvgIpc) is 2.58. The zero-order valence-corrected chi connectivity index (χ0v) is 14.5. The van der Waals surface area contributed by atoms with E-state index in [2.05, 4.69) is 15.3 Å². The van der Waals surface area contributed by atoms with Gasteiger partial charge in [-0.3, -0.25) is 10.3 Å². The van der Waals surface area contributed by atoms with E-state index >= 15 is 0 Å². The molecule has 1 aromatic rings. The fraction of sp³-hybridized carbons (Fsp3) is 0.562. The molecule has 0 fully saturated rings. The van der Waals surface area contributed by atoms with E-state index in [1.54, 1.807) is 20.0 Å². The summed E-state index contributed by atoms with van der Waals surface area (Å²) in [6.45, 7) is 4.31. The van der Waals surface area contributed by atoms with Crippen molar-refractivity contribution in [3.8, 4) is 6.19 Å². The molecular weight excluding hydrogens is 351 g/mol. The fourth-order valence-electron chi connectivity index (χ4n) is 2.76. The molecule has 26 heavy (non-hydrogen) atoms. The van der Waals surface area contributed by atoms with Crippen LogP contribution in [0.5, 0.6) is 0 Å². The van der Waals surface area contributed by atoms with Crippen LogP contribution in [-0.4, -0.2) is 47.9 Å². The molecule has 0 unspecified atom stereocenters. The lowest BCUT2D eigenvalue weighted by atomic mass is 10.1. The Hall–Kier alpha value is -2.38. The molecule has 2 heterocycles. The predicted octanol–water partition coefficient (Wildman–Crippen LogP) is 2.11. The minimum absolute atomic E-state index is 0.107. The maximum absolute atomic E-state index is 13.2. The summed E-state index contributed by atoms with van der Waals surface area (Å²) in [5, 5.41) is 11.3. The van der Waals surface area contributed by atoms with Gasteiger partial charge in [0.2, 0.25) is 11.7 Å². The Kier molecular flexibility index (Phi) is 6.39. The number of nitriles is 1. The third kappa shape index (κ3) is 4.62. The van der Waals surface area contributed by atoms with Gasteiger partial charge in [0, 0.05) is 19.4 Å². The van der Waals surface area contributed by atoms with Crippen molar-refractivity contribution in [2.45, 2.75) is 32.4 Å². The minimum Gasteiger partial charge on any atom is -0.347 e. The van der Waals surface area contributed by atoms with Crippen LogP contribution in [0.1, 0.15) is 25.1 Å². The average molecular weight is 371 g/mol. The quantitative estimate of drug-likeness (QED) is 0.469. The van der Waals surface area contributed by atoms with E-state index < -0.39 is 17.5 Å². The zero-order chi connectivity index (χ0) is 19.2. The highest BCUT2D eigenvalue weighted by Crippen LogP contribution is 2.32. The molecule has 1 aliphatic rings. The molecule has 1 aromatic heterocycles. The highest BCUT2D eigenvalue weighted by Gasteiger charge is 2.40. The normalized spacial score (nSPS) is 16.8. The van der Waals surface area contributed by atoms with Gasteiger partial charge in [0.05, 0.1) is 30.9 Å². The van der Waals surface area contributed by atoms with Gasteiger partial charge in [-0.25, -0.2) is 4.99 Å². The summed E-state index contributed by atoms with van der Waals surface area (Å²) >= 11 is 0. The Balaban J connectivity index is 2.34. The molecule has 0 radical (unpaired) electrons. The lowest BCUT2D eigenvalue weighted by Crippen LogP contribution is -2.57. The molecule has 1 aliphatic heterocycles. The molecule has 2 rings (SSSR count). The number of halogens is 3. The highest BCUT2D eigenvalue weighted by atomic mass is 19.4. The van der Waals surface area contributed by atoms with Gasteiger partial charge in [0.15, 0.2) is 6.19 Å². The van der Waals surface area contributed by atoms with Crippen LogP contribution in [0.25, 0.3) is 0 Å². The van der Waals surface area contributed by atoms with Crippen molar-refractivity contribution in [1.29, 1.82) is 5.26 Å². The summed E-state index contributed by atoms with van der Waals surface area (Å²) in [6, 6.07) is 2.20. The standard InChI is InChI=1S/C16H20F3N5O2/c1-3-25-15(26-4-2)9-22-14(23-11-20)24(10-15)8-13-12(16(17,18)19)6-5-7-21-13/h5-7H,3-4,8-10H2,1-2H3,(H,22,23). The number of guanidine groups is 1. The summed E-state index contributed by atoms with van der Waals surface area (Å²) in [5.41, 5.74) is -1.00. The highest BCUT2D eigenvalue weighted by molar-refractivity contribution is 5.82. The van der Waals surface area contributed by atoms with E-state index in [1.165, 1.54) is 17.2 Å². The Morgan fingerprint density at radius 2 is 2.04 bits per heavy atom. The number of hydrogen-bond donors (Lipinski definition) is 1. The first-order chi connectivity index (χ1) is 12.3. The van der Waals surface area contributed by atoms with E-state index in [0.29, 0.717) is 13.2 Å². The monoisotopic (exact) mass is 371 g/mol. The number of nitrogens with one attached hydrogen (secondary N) is 1. The second kappa shape index (κ2) is 8.33. The molecule has 0 saturated heterocycles. The fourth-order valence-corrected chi connectivity index (χ4v) is 2.76. The topological polar surface area (TPSA) is 82.8 Å². The number of aromatic nitrogens is 1. The molecule has 7 nitrogen and oxygen atoms in total. The van der Waals surface area contributed by atoms with Crippen LogP contribution in [0.3, 0.4) is 0 Å². The van der Waals surface area contributed by atoms with Gasteiger partial charge in [-0.05, 0) is 26.0 Å². The summed E-state index contributed by atoms with van der Waals surface area (Å²) in [7, 11) is 0. The van der Waals surface area contributed by atoms with Crippen molar-refractivity contribution in [2.24, 2.45) is 4.99 Å². The van der Waals surface area contributed by atoms with Gasteiger partial charge in [-0.1, -0.05) is 0 Å². The molecule has 0 aliphatic carbocycles. The van der Waals surface area contributed by atoms with Gasteiger partial charge in [0.25, 0.3) is 0 Å². The smallest absolute Gasteiger partial charge is 0.347 e. The van der Waals surface area contributed by atoms with Gasteiger partial charge < -0.3 is 14.4 Å². The lowest BCUT2D eigenvalue weighted by Gasteiger charge is -2.41. The van der Waals surface area contributed by atoms with Crippen LogP contribution in [-0.2, 0) is 22.2 Å². The van der Waals surface area contributed by atoms with Crippen molar-refractivity contribution in [1.82, 2.24) is 15.2 Å². The molecule has 0 amide bonds. The molecule has 0 atom stereocenters. The van der Waals surface area contributed by atoms with Crippen molar-refractivity contribution in [2.75, 3.05) is 26.3 Å². The van der Waals surface area contributed by atoms with E-state index in [1.807, 2.05) is 0 Å². The Labute approximate surface area is 149 Å². The largest absolute Gasteiger partial charge is 0.418 e. The van der Waals surface area contributed by atoms with Crippen LogP contribution in [0.15, 0.2) is 23.3 Å². The SMILES string of the molecule is CCOC1(OCC)CN=C(NC#N)N(Cc2ncccc2C(F)(F)F)C1. The Bertz CT molecular complexity index is 681. The van der Waals surface area contributed by atoms with Crippen LogP contribution >= 0.6 is 0 Å². The first-order valence-corrected chi connectivity index (χ1v) is 8.08.